The van der Waals surface area contributed by atoms with Crippen LogP contribution in [0.3, 0.4) is 0 Å². The second-order valence-electron chi connectivity index (χ2n) is 3.51. The van der Waals surface area contributed by atoms with E-state index in [1.54, 1.807) is 0 Å². The van der Waals surface area contributed by atoms with Crippen molar-refractivity contribution in [3.8, 4) is 0 Å². The summed E-state index contributed by atoms with van der Waals surface area (Å²) in [6, 6.07) is 0. The molecule has 0 bridgehead atoms. The lowest BCUT2D eigenvalue weighted by molar-refractivity contribution is -0.122. The van der Waals surface area contributed by atoms with E-state index in [4.69, 9.17) is 5.11 Å². The molecule has 0 aliphatic heterocycles. The smallest absolute Gasteiger partial charge is 0.138 e. The second-order valence-corrected chi connectivity index (χ2v) is 3.51. The lowest BCUT2D eigenvalue weighted by atomic mass is 9.88. The second kappa shape index (κ2) is 3.35. The summed E-state index contributed by atoms with van der Waals surface area (Å²) < 4.78 is 0. The molecule has 0 aromatic heterocycles. The molecule has 1 unspecified atom stereocenters. The number of aliphatic hydroxyl groups excluding tert-OH is 1. The third-order valence-corrected chi connectivity index (χ3v) is 2.85. The van der Waals surface area contributed by atoms with Crippen LogP contribution in [0.25, 0.3) is 0 Å². The summed E-state index contributed by atoms with van der Waals surface area (Å²) in [5, 5.41) is 8.93. The average molecular weight is 156 g/mol. The van der Waals surface area contributed by atoms with Crippen LogP contribution >= 0.6 is 0 Å². The van der Waals surface area contributed by atoms with Crippen molar-refractivity contribution in [1.29, 1.82) is 0 Å². The Hall–Kier alpha value is -0.370. The Bertz CT molecular complexity index is 154. The van der Waals surface area contributed by atoms with Gasteiger partial charge in [-0.25, -0.2) is 0 Å². The highest BCUT2D eigenvalue weighted by atomic mass is 16.3. The summed E-state index contributed by atoms with van der Waals surface area (Å²) in [5.41, 5.74) is 0. The van der Waals surface area contributed by atoms with Crippen LogP contribution in [0.5, 0.6) is 0 Å². The van der Waals surface area contributed by atoms with Crippen LogP contribution in [-0.2, 0) is 4.79 Å². The Morgan fingerprint density at radius 2 is 2.27 bits per heavy atom. The first-order valence-corrected chi connectivity index (χ1v) is 4.34. The van der Waals surface area contributed by atoms with Gasteiger partial charge in [0.15, 0.2) is 0 Å². The zero-order valence-corrected chi connectivity index (χ0v) is 7.21. The molecule has 0 aromatic carbocycles. The number of rotatable bonds is 2. The predicted octanol–water partition coefficient (Wildman–Crippen LogP) is 1.23. The number of carbonyl (C=O) groups is 1. The highest BCUT2D eigenvalue weighted by molar-refractivity contribution is 5.83. The fraction of sp³-hybridized carbons (Fsp3) is 0.889. The van der Waals surface area contributed by atoms with E-state index >= 15 is 0 Å². The third kappa shape index (κ3) is 1.45. The van der Waals surface area contributed by atoms with E-state index in [-0.39, 0.29) is 18.3 Å². The molecule has 1 fully saturated rings. The molecule has 0 amide bonds. The minimum absolute atomic E-state index is 0.0433. The molecule has 1 N–H and O–H groups in total. The van der Waals surface area contributed by atoms with Gasteiger partial charge in [0.25, 0.3) is 0 Å². The minimum Gasteiger partial charge on any atom is -0.396 e. The predicted molar refractivity (Wildman–Crippen MR) is 43.1 cm³/mol. The zero-order valence-electron chi connectivity index (χ0n) is 7.21. The largest absolute Gasteiger partial charge is 0.396 e. The first kappa shape index (κ1) is 8.72. The molecule has 2 heteroatoms. The van der Waals surface area contributed by atoms with Crippen LogP contribution in [-0.4, -0.2) is 17.5 Å². The molecule has 3 atom stereocenters. The van der Waals surface area contributed by atoms with Crippen molar-refractivity contribution in [2.45, 2.75) is 26.7 Å². The summed E-state index contributed by atoms with van der Waals surface area (Å²) in [6.07, 6.45) is 1.68. The third-order valence-electron chi connectivity index (χ3n) is 2.85. The van der Waals surface area contributed by atoms with Crippen molar-refractivity contribution in [2.24, 2.45) is 17.8 Å². The molecule has 0 aromatic rings. The van der Waals surface area contributed by atoms with Crippen molar-refractivity contribution in [2.75, 3.05) is 6.61 Å². The van der Waals surface area contributed by atoms with Gasteiger partial charge >= 0.3 is 0 Å². The fourth-order valence-electron chi connectivity index (χ4n) is 2.18. The van der Waals surface area contributed by atoms with Gasteiger partial charge in [0.2, 0.25) is 0 Å². The van der Waals surface area contributed by atoms with Crippen LogP contribution in [0.1, 0.15) is 26.7 Å². The average Bonchev–Trinajstić information content (AvgIpc) is 2.24. The first-order valence-electron chi connectivity index (χ1n) is 4.34. The standard InChI is InChI=1S/C9H16O2/c1-3-7-6(2)4-9(11)8(7)5-10/h6-8,10H,3-5H2,1-2H3/t6-,7+,8?/m0/s1. The maximum absolute atomic E-state index is 11.2. The molecule has 0 radical (unpaired) electrons. The van der Waals surface area contributed by atoms with E-state index in [2.05, 4.69) is 13.8 Å². The Morgan fingerprint density at radius 3 is 2.64 bits per heavy atom. The van der Waals surface area contributed by atoms with Gasteiger partial charge in [0.1, 0.15) is 5.78 Å². The molecule has 2 nitrogen and oxygen atoms in total. The normalized spacial score (nSPS) is 38.1. The van der Waals surface area contributed by atoms with E-state index in [9.17, 15) is 4.79 Å². The van der Waals surface area contributed by atoms with Crippen molar-refractivity contribution >= 4 is 5.78 Å². The highest BCUT2D eigenvalue weighted by Gasteiger charge is 2.37. The van der Waals surface area contributed by atoms with Crippen molar-refractivity contribution < 1.29 is 9.90 Å². The van der Waals surface area contributed by atoms with Crippen LogP contribution in [0.15, 0.2) is 0 Å². The lowest BCUT2D eigenvalue weighted by Gasteiger charge is -2.17. The molecule has 0 spiro atoms. The first-order chi connectivity index (χ1) is 5.20. The van der Waals surface area contributed by atoms with Crippen molar-refractivity contribution in [3.05, 3.63) is 0 Å². The van der Waals surface area contributed by atoms with Gasteiger partial charge in [-0.1, -0.05) is 20.3 Å². The van der Waals surface area contributed by atoms with Gasteiger partial charge in [-0.2, -0.15) is 0 Å². The van der Waals surface area contributed by atoms with Gasteiger partial charge in [-0.3, -0.25) is 4.79 Å². The summed E-state index contributed by atoms with van der Waals surface area (Å²) in [6.45, 7) is 4.23. The van der Waals surface area contributed by atoms with Gasteiger partial charge in [0, 0.05) is 12.3 Å². The molecule has 11 heavy (non-hydrogen) atoms. The highest BCUT2D eigenvalue weighted by Crippen LogP contribution is 2.35. The topological polar surface area (TPSA) is 37.3 Å². The zero-order chi connectivity index (χ0) is 8.43. The molecule has 1 aliphatic carbocycles. The lowest BCUT2D eigenvalue weighted by Crippen LogP contribution is -2.19. The molecule has 1 aliphatic rings. The van der Waals surface area contributed by atoms with E-state index in [0.717, 1.165) is 6.42 Å². The number of Topliss-reactive ketones (excluding diaryl/α,β-unsaturated/α-hetero) is 1. The number of ketones is 1. The Kier molecular flexibility index (Phi) is 2.66. The minimum atomic E-state index is -0.0602. The quantitative estimate of drug-likeness (QED) is 0.653. The Balaban J connectivity index is 2.66. The van der Waals surface area contributed by atoms with Crippen molar-refractivity contribution in [1.82, 2.24) is 0 Å². The molecule has 0 heterocycles. The van der Waals surface area contributed by atoms with Gasteiger partial charge in [-0.05, 0) is 11.8 Å². The van der Waals surface area contributed by atoms with Crippen molar-refractivity contribution in [3.63, 3.8) is 0 Å². The number of carbonyl (C=O) groups excluding carboxylic acids is 1. The van der Waals surface area contributed by atoms with Gasteiger partial charge in [-0.15, -0.1) is 0 Å². The SMILES string of the molecule is CC[C@H]1C(CO)C(=O)C[C@@H]1C. The molecule has 0 saturated heterocycles. The Labute approximate surface area is 67.6 Å². The fourth-order valence-corrected chi connectivity index (χ4v) is 2.18. The summed E-state index contributed by atoms with van der Waals surface area (Å²) in [4.78, 5) is 11.2. The molecular weight excluding hydrogens is 140 g/mol. The Morgan fingerprint density at radius 1 is 1.64 bits per heavy atom. The molecule has 1 saturated carbocycles. The van der Waals surface area contributed by atoms with Crippen LogP contribution in [0, 0.1) is 17.8 Å². The molecular formula is C9H16O2. The summed E-state index contributed by atoms with van der Waals surface area (Å²) in [5.74, 6) is 1.10. The van der Waals surface area contributed by atoms with E-state index in [1.807, 2.05) is 0 Å². The summed E-state index contributed by atoms with van der Waals surface area (Å²) in [7, 11) is 0. The van der Waals surface area contributed by atoms with Gasteiger partial charge < -0.3 is 5.11 Å². The monoisotopic (exact) mass is 156 g/mol. The molecule has 1 rings (SSSR count). The maximum Gasteiger partial charge on any atom is 0.138 e. The summed E-state index contributed by atoms with van der Waals surface area (Å²) >= 11 is 0. The number of hydrogen-bond acceptors (Lipinski definition) is 2. The van der Waals surface area contributed by atoms with E-state index in [0.29, 0.717) is 18.3 Å². The van der Waals surface area contributed by atoms with Crippen LogP contribution in [0.2, 0.25) is 0 Å². The van der Waals surface area contributed by atoms with E-state index in [1.165, 1.54) is 0 Å². The maximum atomic E-state index is 11.2. The molecule has 64 valence electrons. The van der Waals surface area contributed by atoms with E-state index < -0.39 is 0 Å². The number of hydrogen-bond donors (Lipinski definition) is 1. The van der Waals surface area contributed by atoms with Gasteiger partial charge in [0.05, 0.1) is 6.61 Å². The van der Waals surface area contributed by atoms with Crippen LogP contribution < -0.4 is 0 Å². The number of aliphatic hydroxyl groups is 1. The van der Waals surface area contributed by atoms with Crippen LogP contribution in [0.4, 0.5) is 0 Å².